The second kappa shape index (κ2) is 8.78. The minimum absolute atomic E-state index is 0.0374. The number of carbonyl (C=O) groups is 1. The highest BCUT2D eigenvalue weighted by atomic mass is 35.5. The Labute approximate surface area is 180 Å². The van der Waals surface area contributed by atoms with Crippen molar-refractivity contribution in [1.82, 2.24) is 9.88 Å². The molecule has 2 aliphatic heterocycles. The standard InChI is InChI=1S/C21H23Cl2N3O3/c1-14-2-3-16(22)11-19(14)25-5-7-26(8-6-25)21(27)15-10-18(23)20(24-12-15)29-17-4-9-28-13-17/h2-3,10-12,17H,4-9,13H2,1H3/t17-/m1/s1. The molecule has 154 valence electrons. The van der Waals surface area contributed by atoms with Gasteiger partial charge < -0.3 is 19.3 Å². The minimum Gasteiger partial charge on any atom is -0.471 e. The summed E-state index contributed by atoms with van der Waals surface area (Å²) in [6, 6.07) is 7.52. The lowest BCUT2D eigenvalue weighted by Gasteiger charge is -2.37. The van der Waals surface area contributed by atoms with Crippen LogP contribution in [0.15, 0.2) is 30.5 Å². The van der Waals surface area contributed by atoms with Crippen LogP contribution in [-0.4, -0.2) is 61.3 Å². The number of pyridine rings is 1. The first kappa shape index (κ1) is 20.3. The molecule has 8 heteroatoms. The van der Waals surface area contributed by atoms with Crippen molar-refractivity contribution in [2.75, 3.05) is 44.3 Å². The number of nitrogens with zero attached hydrogens (tertiary/aromatic N) is 3. The van der Waals surface area contributed by atoms with Crippen molar-refractivity contribution in [3.05, 3.63) is 51.6 Å². The molecule has 0 radical (unpaired) electrons. The van der Waals surface area contributed by atoms with Crippen LogP contribution < -0.4 is 9.64 Å². The fraction of sp³-hybridized carbons (Fsp3) is 0.429. The van der Waals surface area contributed by atoms with E-state index >= 15 is 0 Å². The quantitative estimate of drug-likeness (QED) is 0.730. The van der Waals surface area contributed by atoms with E-state index in [2.05, 4.69) is 16.8 Å². The summed E-state index contributed by atoms with van der Waals surface area (Å²) in [5.74, 6) is 0.276. The molecule has 2 fully saturated rings. The molecule has 4 rings (SSSR count). The molecule has 1 aromatic heterocycles. The fourth-order valence-corrected chi connectivity index (χ4v) is 4.03. The van der Waals surface area contributed by atoms with Crippen molar-refractivity contribution in [3.8, 4) is 5.88 Å². The van der Waals surface area contributed by atoms with Gasteiger partial charge in [-0.15, -0.1) is 0 Å². The van der Waals surface area contributed by atoms with Gasteiger partial charge in [0, 0.05) is 49.5 Å². The van der Waals surface area contributed by atoms with E-state index in [4.69, 9.17) is 32.7 Å². The number of halogens is 2. The second-order valence-electron chi connectivity index (χ2n) is 7.32. The van der Waals surface area contributed by atoms with Crippen molar-refractivity contribution in [3.63, 3.8) is 0 Å². The summed E-state index contributed by atoms with van der Waals surface area (Å²) in [4.78, 5) is 21.2. The highest BCUT2D eigenvalue weighted by molar-refractivity contribution is 6.32. The first-order valence-electron chi connectivity index (χ1n) is 9.71. The van der Waals surface area contributed by atoms with Crippen LogP contribution in [0.4, 0.5) is 5.69 Å². The Morgan fingerprint density at radius 1 is 1.21 bits per heavy atom. The molecule has 0 aliphatic carbocycles. The van der Waals surface area contributed by atoms with Gasteiger partial charge in [-0.25, -0.2) is 4.98 Å². The van der Waals surface area contributed by atoms with Crippen molar-refractivity contribution in [2.24, 2.45) is 0 Å². The number of aromatic nitrogens is 1. The summed E-state index contributed by atoms with van der Waals surface area (Å²) in [6.45, 7) is 6.03. The Kier molecular flexibility index (Phi) is 6.13. The van der Waals surface area contributed by atoms with Gasteiger partial charge in [0.2, 0.25) is 5.88 Å². The van der Waals surface area contributed by atoms with Gasteiger partial charge in [0.1, 0.15) is 11.1 Å². The normalized spacial score (nSPS) is 19.5. The van der Waals surface area contributed by atoms with E-state index < -0.39 is 0 Å². The van der Waals surface area contributed by atoms with Gasteiger partial charge in [-0.2, -0.15) is 0 Å². The number of anilines is 1. The summed E-state index contributed by atoms with van der Waals surface area (Å²) >= 11 is 12.5. The van der Waals surface area contributed by atoms with Crippen molar-refractivity contribution in [1.29, 1.82) is 0 Å². The second-order valence-corrected chi connectivity index (χ2v) is 8.17. The van der Waals surface area contributed by atoms with Crippen molar-refractivity contribution in [2.45, 2.75) is 19.4 Å². The maximum atomic E-state index is 12.9. The molecule has 0 saturated carbocycles. The first-order valence-corrected chi connectivity index (χ1v) is 10.5. The molecule has 0 bridgehead atoms. The molecule has 1 aromatic carbocycles. The van der Waals surface area contributed by atoms with Crippen LogP contribution in [0.2, 0.25) is 10.0 Å². The molecular weight excluding hydrogens is 413 g/mol. The molecule has 0 unspecified atom stereocenters. The summed E-state index contributed by atoms with van der Waals surface area (Å²) in [7, 11) is 0. The number of hydrogen-bond acceptors (Lipinski definition) is 5. The van der Waals surface area contributed by atoms with Gasteiger partial charge in [-0.05, 0) is 30.7 Å². The predicted molar refractivity (Wildman–Crippen MR) is 113 cm³/mol. The van der Waals surface area contributed by atoms with Gasteiger partial charge in [-0.1, -0.05) is 29.3 Å². The first-order chi connectivity index (χ1) is 14.0. The lowest BCUT2D eigenvalue weighted by molar-refractivity contribution is 0.0746. The van der Waals surface area contributed by atoms with Gasteiger partial charge in [0.25, 0.3) is 5.91 Å². The van der Waals surface area contributed by atoms with Crippen molar-refractivity contribution >= 4 is 34.8 Å². The summed E-state index contributed by atoms with van der Waals surface area (Å²) < 4.78 is 11.1. The SMILES string of the molecule is Cc1ccc(Cl)cc1N1CCN(C(=O)c2cnc(O[C@@H]3CCOC3)c(Cl)c2)CC1. The minimum atomic E-state index is -0.0717. The monoisotopic (exact) mass is 435 g/mol. The van der Waals surface area contributed by atoms with Gasteiger partial charge in [0.05, 0.1) is 18.8 Å². The number of hydrogen-bond donors (Lipinski definition) is 0. The van der Waals surface area contributed by atoms with Gasteiger partial charge in [0.15, 0.2) is 0 Å². The summed E-state index contributed by atoms with van der Waals surface area (Å²) in [5.41, 5.74) is 2.76. The number of carbonyl (C=O) groups excluding carboxylic acids is 1. The van der Waals surface area contributed by atoms with E-state index in [1.165, 1.54) is 11.8 Å². The Morgan fingerprint density at radius 3 is 2.69 bits per heavy atom. The number of ether oxygens (including phenoxy) is 2. The largest absolute Gasteiger partial charge is 0.471 e. The van der Waals surface area contributed by atoms with Crippen LogP contribution >= 0.6 is 23.2 Å². The molecule has 0 N–H and O–H groups in total. The van der Waals surface area contributed by atoms with Crippen LogP contribution in [0.5, 0.6) is 5.88 Å². The highest BCUT2D eigenvalue weighted by Crippen LogP contribution is 2.27. The van der Waals surface area contributed by atoms with E-state index in [0.29, 0.717) is 42.8 Å². The Hall–Kier alpha value is -2.02. The molecule has 6 nitrogen and oxygen atoms in total. The number of piperazine rings is 1. The molecule has 0 spiro atoms. The van der Waals surface area contributed by atoms with E-state index in [-0.39, 0.29) is 12.0 Å². The number of rotatable bonds is 4. The zero-order valence-corrected chi connectivity index (χ0v) is 17.7. The zero-order chi connectivity index (χ0) is 20.4. The number of amides is 1. The van der Waals surface area contributed by atoms with E-state index in [1.807, 2.05) is 23.1 Å². The van der Waals surface area contributed by atoms with E-state index in [1.54, 1.807) is 6.07 Å². The molecule has 29 heavy (non-hydrogen) atoms. The Morgan fingerprint density at radius 2 is 2.00 bits per heavy atom. The van der Waals surface area contributed by atoms with E-state index in [9.17, 15) is 4.79 Å². The molecule has 3 heterocycles. The van der Waals surface area contributed by atoms with Crippen LogP contribution in [0, 0.1) is 6.92 Å². The maximum Gasteiger partial charge on any atom is 0.255 e. The van der Waals surface area contributed by atoms with Crippen molar-refractivity contribution < 1.29 is 14.3 Å². The van der Waals surface area contributed by atoms with Crippen LogP contribution in [0.25, 0.3) is 0 Å². The maximum absolute atomic E-state index is 12.9. The van der Waals surface area contributed by atoms with Crippen LogP contribution in [0.1, 0.15) is 22.3 Å². The van der Waals surface area contributed by atoms with Crippen LogP contribution in [-0.2, 0) is 4.74 Å². The zero-order valence-electron chi connectivity index (χ0n) is 16.2. The smallest absolute Gasteiger partial charge is 0.255 e. The Bertz CT molecular complexity index is 895. The molecule has 2 aliphatic rings. The third-order valence-electron chi connectivity index (χ3n) is 5.30. The lowest BCUT2D eigenvalue weighted by Crippen LogP contribution is -2.49. The Balaban J connectivity index is 1.39. The average molecular weight is 436 g/mol. The topological polar surface area (TPSA) is 54.9 Å². The fourth-order valence-electron chi connectivity index (χ4n) is 3.65. The van der Waals surface area contributed by atoms with E-state index in [0.717, 1.165) is 30.2 Å². The third-order valence-corrected chi connectivity index (χ3v) is 5.81. The molecular formula is C21H23Cl2N3O3. The number of benzene rings is 1. The highest BCUT2D eigenvalue weighted by Gasteiger charge is 2.25. The molecule has 1 atom stereocenters. The van der Waals surface area contributed by atoms with Gasteiger partial charge >= 0.3 is 0 Å². The molecule has 2 saturated heterocycles. The van der Waals surface area contributed by atoms with Crippen LogP contribution in [0.3, 0.4) is 0 Å². The average Bonchev–Trinajstić information content (AvgIpc) is 3.24. The predicted octanol–water partition coefficient (Wildman–Crippen LogP) is 3.83. The molecule has 1 amide bonds. The summed E-state index contributed by atoms with van der Waals surface area (Å²) in [5, 5.41) is 1.06. The lowest BCUT2D eigenvalue weighted by atomic mass is 10.1. The summed E-state index contributed by atoms with van der Waals surface area (Å²) in [6.07, 6.45) is 2.31. The third kappa shape index (κ3) is 4.60. The van der Waals surface area contributed by atoms with Gasteiger partial charge in [-0.3, -0.25) is 4.79 Å². The molecule has 2 aromatic rings. The number of aryl methyl sites for hydroxylation is 1.